The summed E-state index contributed by atoms with van der Waals surface area (Å²) in [6.45, 7) is 4.28. The van der Waals surface area contributed by atoms with Crippen LogP contribution in [-0.4, -0.2) is 46.6 Å². The Kier molecular flexibility index (Phi) is 5.29. The van der Waals surface area contributed by atoms with E-state index in [9.17, 15) is 4.79 Å². The van der Waals surface area contributed by atoms with E-state index in [1.165, 1.54) is 6.92 Å². The Balaban J connectivity index is 3.76. The largest absolute Gasteiger partial charge is 0.394 e. The molecule has 1 amide bonds. The third-order valence-corrected chi connectivity index (χ3v) is 1.49. The monoisotopic (exact) mass is 189 g/mol. The van der Waals surface area contributed by atoms with E-state index < -0.39 is 18.8 Å². The summed E-state index contributed by atoms with van der Waals surface area (Å²) < 4.78 is 0. The Morgan fingerprint density at radius 3 is 2.38 bits per heavy atom. The molecule has 0 bridgehead atoms. The van der Waals surface area contributed by atoms with Crippen LogP contribution in [0.1, 0.15) is 6.92 Å². The molecule has 0 saturated heterocycles. The van der Waals surface area contributed by atoms with Gasteiger partial charge in [0, 0.05) is 12.1 Å². The fraction of sp³-hybridized carbons (Fsp3) is 0.625. The molecule has 76 valence electrons. The van der Waals surface area contributed by atoms with E-state index in [-0.39, 0.29) is 12.5 Å². The van der Waals surface area contributed by atoms with Crippen molar-refractivity contribution in [3.63, 3.8) is 0 Å². The number of carbonyl (C=O) groups is 1. The predicted octanol–water partition coefficient (Wildman–Crippen LogP) is -1.61. The molecule has 5 nitrogen and oxygen atoms in total. The quantitative estimate of drug-likeness (QED) is 0.392. The Bertz CT molecular complexity index is 193. The Hall–Kier alpha value is -0.910. The van der Waals surface area contributed by atoms with Gasteiger partial charge in [0.1, 0.15) is 6.10 Å². The maximum atomic E-state index is 10.9. The third kappa shape index (κ3) is 4.62. The van der Waals surface area contributed by atoms with Crippen LogP contribution in [0.2, 0.25) is 0 Å². The molecule has 0 aliphatic heterocycles. The minimum atomic E-state index is -1.23. The molecular weight excluding hydrogens is 174 g/mol. The lowest BCUT2D eigenvalue weighted by molar-refractivity contribution is -0.118. The van der Waals surface area contributed by atoms with Crippen molar-refractivity contribution in [2.24, 2.45) is 0 Å². The van der Waals surface area contributed by atoms with Gasteiger partial charge in [-0.25, -0.2) is 0 Å². The van der Waals surface area contributed by atoms with E-state index in [1.54, 1.807) is 0 Å². The zero-order chi connectivity index (χ0) is 10.4. The summed E-state index contributed by atoms with van der Waals surface area (Å²) in [7, 11) is 0. The van der Waals surface area contributed by atoms with Crippen molar-refractivity contribution in [2.75, 3.05) is 13.2 Å². The van der Waals surface area contributed by atoms with Gasteiger partial charge in [-0.15, -0.1) is 0 Å². The van der Waals surface area contributed by atoms with Crippen LogP contribution in [0.25, 0.3) is 0 Å². The molecule has 0 heterocycles. The molecule has 2 atom stereocenters. The molecule has 0 spiro atoms. The Morgan fingerprint density at radius 1 is 1.46 bits per heavy atom. The van der Waals surface area contributed by atoms with E-state index in [0.717, 1.165) is 0 Å². The molecule has 0 aromatic rings. The minimum Gasteiger partial charge on any atom is -0.394 e. The predicted molar refractivity (Wildman–Crippen MR) is 46.9 cm³/mol. The average Bonchev–Trinajstić information content (AvgIpc) is 2.11. The molecule has 0 radical (unpaired) electrons. The standard InChI is InChI=1S/C8H15NO4/c1-5(2)8(13)9-3-6(11)7(12)4-10/h6-7,10-12H,1,3-4H2,2H3,(H,9,13). The molecule has 0 aliphatic carbocycles. The number of rotatable bonds is 5. The van der Waals surface area contributed by atoms with Crippen LogP contribution in [0.5, 0.6) is 0 Å². The Morgan fingerprint density at radius 2 is 2.00 bits per heavy atom. The van der Waals surface area contributed by atoms with Crippen LogP contribution in [-0.2, 0) is 4.79 Å². The number of carbonyl (C=O) groups excluding carboxylic acids is 1. The highest BCUT2D eigenvalue weighted by molar-refractivity contribution is 5.92. The summed E-state index contributed by atoms with van der Waals surface area (Å²) in [4.78, 5) is 10.9. The summed E-state index contributed by atoms with van der Waals surface area (Å²) in [6, 6.07) is 0. The van der Waals surface area contributed by atoms with Crippen molar-refractivity contribution >= 4 is 5.91 Å². The van der Waals surface area contributed by atoms with Crippen LogP contribution in [0, 0.1) is 0 Å². The van der Waals surface area contributed by atoms with E-state index in [2.05, 4.69) is 11.9 Å². The third-order valence-electron chi connectivity index (χ3n) is 1.49. The molecule has 0 aromatic carbocycles. The summed E-state index contributed by atoms with van der Waals surface area (Å²) in [6.07, 6.45) is -2.39. The summed E-state index contributed by atoms with van der Waals surface area (Å²) >= 11 is 0. The SMILES string of the molecule is C=C(C)C(=O)NCC(O)C(O)CO. The molecule has 0 aromatic heterocycles. The normalized spacial score (nSPS) is 14.8. The van der Waals surface area contributed by atoms with Crippen LogP contribution in [0.3, 0.4) is 0 Å². The van der Waals surface area contributed by atoms with Crippen molar-refractivity contribution in [2.45, 2.75) is 19.1 Å². The topological polar surface area (TPSA) is 89.8 Å². The number of aliphatic hydroxyl groups excluding tert-OH is 3. The lowest BCUT2D eigenvalue weighted by atomic mass is 10.2. The van der Waals surface area contributed by atoms with Crippen LogP contribution >= 0.6 is 0 Å². The number of hydrogen-bond acceptors (Lipinski definition) is 4. The van der Waals surface area contributed by atoms with Crippen LogP contribution in [0.15, 0.2) is 12.2 Å². The van der Waals surface area contributed by atoms with Gasteiger partial charge in [0.2, 0.25) is 5.91 Å². The van der Waals surface area contributed by atoms with E-state index in [4.69, 9.17) is 15.3 Å². The first-order valence-electron chi connectivity index (χ1n) is 3.89. The van der Waals surface area contributed by atoms with Crippen molar-refractivity contribution in [3.8, 4) is 0 Å². The summed E-state index contributed by atoms with van der Waals surface area (Å²) in [5.74, 6) is -0.385. The number of nitrogens with one attached hydrogen (secondary N) is 1. The van der Waals surface area contributed by atoms with Crippen LogP contribution < -0.4 is 5.32 Å². The molecular formula is C8H15NO4. The maximum absolute atomic E-state index is 10.9. The van der Waals surface area contributed by atoms with Gasteiger partial charge in [0.15, 0.2) is 0 Å². The van der Waals surface area contributed by atoms with Gasteiger partial charge in [0.05, 0.1) is 12.7 Å². The highest BCUT2D eigenvalue weighted by Gasteiger charge is 2.15. The lowest BCUT2D eigenvalue weighted by Crippen LogP contribution is -2.40. The molecule has 4 N–H and O–H groups in total. The molecule has 0 fully saturated rings. The maximum Gasteiger partial charge on any atom is 0.246 e. The van der Waals surface area contributed by atoms with Gasteiger partial charge < -0.3 is 20.6 Å². The molecule has 0 saturated carbocycles. The first-order chi connectivity index (χ1) is 5.99. The van der Waals surface area contributed by atoms with E-state index in [1.807, 2.05) is 0 Å². The van der Waals surface area contributed by atoms with Gasteiger partial charge in [-0.05, 0) is 6.92 Å². The van der Waals surface area contributed by atoms with Crippen molar-refractivity contribution < 1.29 is 20.1 Å². The number of aliphatic hydroxyl groups is 3. The second-order valence-electron chi connectivity index (χ2n) is 2.81. The van der Waals surface area contributed by atoms with E-state index >= 15 is 0 Å². The van der Waals surface area contributed by atoms with Gasteiger partial charge in [-0.3, -0.25) is 4.79 Å². The van der Waals surface area contributed by atoms with Crippen molar-refractivity contribution in [1.82, 2.24) is 5.32 Å². The first kappa shape index (κ1) is 12.1. The highest BCUT2D eigenvalue weighted by atomic mass is 16.4. The fourth-order valence-corrected chi connectivity index (χ4v) is 0.606. The van der Waals surface area contributed by atoms with Gasteiger partial charge in [-0.2, -0.15) is 0 Å². The zero-order valence-electron chi connectivity index (χ0n) is 7.53. The smallest absolute Gasteiger partial charge is 0.246 e. The number of hydrogen-bond donors (Lipinski definition) is 4. The number of amides is 1. The first-order valence-corrected chi connectivity index (χ1v) is 3.89. The van der Waals surface area contributed by atoms with Gasteiger partial charge in [0.25, 0.3) is 0 Å². The average molecular weight is 189 g/mol. The van der Waals surface area contributed by atoms with Gasteiger partial charge in [-0.1, -0.05) is 6.58 Å². The Labute approximate surface area is 76.7 Å². The molecule has 0 aliphatic rings. The molecule has 0 rings (SSSR count). The second-order valence-corrected chi connectivity index (χ2v) is 2.81. The molecule has 5 heteroatoms. The summed E-state index contributed by atoms with van der Waals surface area (Å²) in [5, 5.41) is 28.8. The van der Waals surface area contributed by atoms with Crippen molar-refractivity contribution in [3.05, 3.63) is 12.2 Å². The van der Waals surface area contributed by atoms with Crippen molar-refractivity contribution in [1.29, 1.82) is 0 Å². The lowest BCUT2D eigenvalue weighted by Gasteiger charge is -2.15. The molecule has 13 heavy (non-hydrogen) atoms. The van der Waals surface area contributed by atoms with Crippen LogP contribution in [0.4, 0.5) is 0 Å². The second kappa shape index (κ2) is 5.69. The van der Waals surface area contributed by atoms with E-state index in [0.29, 0.717) is 5.57 Å². The molecule has 2 unspecified atom stereocenters. The minimum absolute atomic E-state index is 0.104. The van der Waals surface area contributed by atoms with Gasteiger partial charge >= 0.3 is 0 Å². The summed E-state index contributed by atoms with van der Waals surface area (Å²) in [5.41, 5.74) is 0.325. The fourth-order valence-electron chi connectivity index (χ4n) is 0.606. The zero-order valence-corrected chi connectivity index (χ0v) is 7.53. The highest BCUT2D eigenvalue weighted by Crippen LogP contribution is 1.92.